The molecule has 0 aliphatic carbocycles. The highest BCUT2D eigenvalue weighted by molar-refractivity contribution is 5.96. The normalized spacial score (nSPS) is 11.9. The third-order valence-electron chi connectivity index (χ3n) is 2.31. The number of aromatic hydroxyl groups is 1. The summed E-state index contributed by atoms with van der Waals surface area (Å²) in [6.45, 7) is 0. The van der Waals surface area contributed by atoms with E-state index in [0.717, 1.165) is 0 Å². The molecule has 0 spiro atoms. The minimum absolute atomic E-state index is 0.0968. The second-order valence-corrected chi connectivity index (χ2v) is 3.58. The largest absolute Gasteiger partial charge is 0.507 e. The Morgan fingerprint density at radius 3 is 2.65 bits per heavy atom. The number of amides is 1. The summed E-state index contributed by atoms with van der Waals surface area (Å²) in [4.78, 5) is 22.0. The van der Waals surface area contributed by atoms with E-state index < -0.39 is 17.9 Å². The molecular formula is C11H14N2O4. The van der Waals surface area contributed by atoms with Crippen LogP contribution in [0.4, 0.5) is 0 Å². The molecule has 0 fully saturated rings. The highest BCUT2D eigenvalue weighted by Gasteiger charge is 2.15. The Hall–Kier alpha value is -2.08. The fraction of sp³-hybridized carbons (Fsp3) is 0.273. The van der Waals surface area contributed by atoms with Crippen LogP contribution in [0.2, 0.25) is 0 Å². The minimum atomic E-state index is -1.11. The molecule has 6 heteroatoms. The Morgan fingerprint density at radius 1 is 1.47 bits per heavy atom. The Balaban J connectivity index is 2.96. The van der Waals surface area contributed by atoms with E-state index >= 15 is 0 Å². The Kier molecular flexibility index (Phi) is 4.06. The van der Waals surface area contributed by atoms with Crippen LogP contribution in [0.25, 0.3) is 0 Å². The van der Waals surface area contributed by atoms with Gasteiger partial charge in [0.25, 0.3) is 5.91 Å². The van der Waals surface area contributed by atoms with Crippen LogP contribution in [0, 0.1) is 0 Å². The van der Waals surface area contributed by atoms with Gasteiger partial charge in [-0.25, -0.2) is 0 Å². The first-order chi connectivity index (χ1) is 7.95. The van der Waals surface area contributed by atoms with Crippen LogP contribution >= 0.6 is 0 Å². The fourth-order valence-corrected chi connectivity index (χ4v) is 1.37. The van der Waals surface area contributed by atoms with Crippen molar-refractivity contribution < 1.29 is 19.8 Å². The molecule has 0 unspecified atom stereocenters. The number of carbonyl (C=O) groups is 2. The number of nitrogens with one attached hydrogen (secondary N) is 1. The van der Waals surface area contributed by atoms with Crippen LogP contribution in [0.5, 0.6) is 5.75 Å². The number of phenolic OH excluding ortho intramolecular Hbond substituents is 1. The van der Waals surface area contributed by atoms with E-state index in [0.29, 0.717) is 5.56 Å². The zero-order valence-electron chi connectivity index (χ0n) is 9.30. The summed E-state index contributed by atoms with van der Waals surface area (Å²) in [5.74, 6) is -1.70. The molecule has 0 bridgehead atoms. The number of carboxylic acid groups (broad SMARTS) is 1. The van der Waals surface area contributed by atoms with E-state index in [9.17, 15) is 14.7 Å². The van der Waals surface area contributed by atoms with Gasteiger partial charge in [-0.1, -0.05) is 6.07 Å². The van der Waals surface area contributed by atoms with E-state index in [-0.39, 0.29) is 17.7 Å². The summed E-state index contributed by atoms with van der Waals surface area (Å²) in [5, 5.41) is 20.5. The number of phenols is 1. The van der Waals surface area contributed by atoms with Gasteiger partial charge in [0.2, 0.25) is 0 Å². The first-order valence-electron chi connectivity index (χ1n) is 4.98. The van der Waals surface area contributed by atoms with Crippen LogP contribution in [0.3, 0.4) is 0 Å². The van der Waals surface area contributed by atoms with E-state index in [2.05, 4.69) is 5.32 Å². The second-order valence-electron chi connectivity index (χ2n) is 3.58. The van der Waals surface area contributed by atoms with Gasteiger partial charge < -0.3 is 21.3 Å². The lowest BCUT2D eigenvalue weighted by Gasteiger charge is -2.09. The summed E-state index contributed by atoms with van der Waals surface area (Å²) in [6.07, 6.45) is 0.0968. The molecule has 1 aromatic carbocycles. The van der Waals surface area contributed by atoms with Crippen molar-refractivity contribution in [1.82, 2.24) is 5.32 Å². The number of carbonyl (C=O) groups excluding carboxylic acids is 1. The highest BCUT2D eigenvalue weighted by Crippen LogP contribution is 2.19. The average molecular weight is 238 g/mol. The summed E-state index contributed by atoms with van der Waals surface area (Å²) in [6, 6.07) is 3.27. The van der Waals surface area contributed by atoms with Crippen LogP contribution < -0.4 is 11.1 Å². The van der Waals surface area contributed by atoms with Gasteiger partial charge in [0.1, 0.15) is 11.8 Å². The predicted molar refractivity (Wildman–Crippen MR) is 60.8 cm³/mol. The molecule has 1 amide bonds. The van der Waals surface area contributed by atoms with Gasteiger partial charge in [-0.3, -0.25) is 9.59 Å². The molecule has 0 aliphatic heterocycles. The minimum Gasteiger partial charge on any atom is -0.507 e. The topological polar surface area (TPSA) is 113 Å². The Bertz CT molecular complexity index is 445. The van der Waals surface area contributed by atoms with Gasteiger partial charge in [0, 0.05) is 7.05 Å². The number of hydrogen-bond acceptors (Lipinski definition) is 4. The maximum Gasteiger partial charge on any atom is 0.320 e. The lowest BCUT2D eigenvalue weighted by molar-refractivity contribution is -0.138. The van der Waals surface area contributed by atoms with Gasteiger partial charge in [-0.05, 0) is 24.1 Å². The first kappa shape index (κ1) is 13.0. The number of carboxylic acids is 1. The molecule has 0 radical (unpaired) electrons. The highest BCUT2D eigenvalue weighted by atomic mass is 16.4. The van der Waals surface area contributed by atoms with E-state index in [1.165, 1.54) is 25.2 Å². The monoisotopic (exact) mass is 238 g/mol. The average Bonchev–Trinajstić information content (AvgIpc) is 2.30. The standard InChI is InChI=1S/C11H14N2O4/c1-13-10(15)7-4-6(2-3-9(7)14)5-8(12)11(16)17/h2-4,8,14H,5,12H2,1H3,(H,13,15)(H,16,17)/t8-/m0/s1. The summed E-state index contributed by atoms with van der Waals surface area (Å²) < 4.78 is 0. The van der Waals surface area contributed by atoms with Crippen LogP contribution in [0.15, 0.2) is 18.2 Å². The van der Waals surface area contributed by atoms with Gasteiger partial charge in [0.15, 0.2) is 0 Å². The van der Waals surface area contributed by atoms with Crippen LogP contribution in [-0.4, -0.2) is 35.2 Å². The van der Waals surface area contributed by atoms with Crippen molar-refractivity contribution in [1.29, 1.82) is 0 Å². The van der Waals surface area contributed by atoms with Gasteiger partial charge in [0.05, 0.1) is 5.56 Å². The molecule has 0 saturated carbocycles. The maximum atomic E-state index is 11.4. The maximum absolute atomic E-state index is 11.4. The van der Waals surface area contributed by atoms with Crippen molar-refractivity contribution in [3.8, 4) is 5.75 Å². The van der Waals surface area contributed by atoms with E-state index in [1.807, 2.05) is 0 Å². The van der Waals surface area contributed by atoms with Gasteiger partial charge >= 0.3 is 5.97 Å². The molecule has 0 aromatic heterocycles. The SMILES string of the molecule is CNC(=O)c1cc(C[C@H](N)C(=O)O)ccc1O. The molecule has 0 aliphatic rings. The molecule has 1 rings (SSSR count). The lowest BCUT2D eigenvalue weighted by atomic mass is 10.0. The smallest absolute Gasteiger partial charge is 0.320 e. The van der Waals surface area contributed by atoms with Crippen LogP contribution in [0.1, 0.15) is 15.9 Å². The van der Waals surface area contributed by atoms with Crippen molar-refractivity contribution in [2.75, 3.05) is 7.05 Å². The molecule has 92 valence electrons. The predicted octanol–water partition coefficient (Wildman–Crippen LogP) is -0.294. The summed E-state index contributed by atoms with van der Waals surface area (Å²) in [5.41, 5.74) is 6.06. The van der Waals surface area contributed by atoms with Gasteiger partial charge in [-0.15, -0.1) is 0 Å². The third-order valence-corrected chi connectivity index (χ3v) is 2.31. The first-order valence-corrected chi connectivity index (χ1v) is 4.98. The fourth-order valence-electron chi connectivity index (χ4n) is 1.37. The molecular weight excluding hydrogens is 224 g/mol. The molecule has 17 heavy (non-hydrogen) atoms. The zero-order valence-corrected chi connectivity index (χ0v) is 9.30. The Morgan fingerprint density at radius 2 is 2.12 bits per heavy atom. The summed E-state index contributed by atoms with van der Waals surface area (Å²) >= 11 is 0. The number of rotatable bonds is 4. The van der Waals surface area contributed by atoms with Crippen molar-refractivity contribution in [2.24, 2.45) is 5.73 Å². The van der Waals surface area contributed by atoms with Gasteiger partial charge in [-0.2, -0.15) is 0 Å². The van der Waals surface area contributed by atoms with Crippen molar-refractivity contribution >= 4 is 11.9 Å². The number of hydrogen-bond donors (Lipinski definition) is 4. The lowest BCUT2D eigenvalue weighted by Crippen LogP contribution is -2.32. The number of benzene rings is 1. The quantitative estimate of drug-likeness (QED) is 0.575. The van der Waals surface area contributed by atoms with E-state index in [4.69, 9.17) is 10.8 Å². The van der Waals surface area contributed by atoms with E-state index in [1.54, 1.807) is 0 Å². The third kappa shape index (κ3) is 3.18. The molecule has 0 saturated heterocycles. The molecule has 5 N–H and O–H groups in total. The number of aliphatic carboxylic acids is 1. The van der Waals surface area contributed by atoms with Crippen molar-refractivity contribution in [3.63, 3.8) is 0 Å². The Labute approximate surface area is 98.1 Å². The number of nitrogens with two attached hydrogens (primary N) is 1. The van der Waals surface area contributed by atoms with Crippen LogP contribution in [-0.2, 0) is 11.2 Å². The van der Waals surface area contributed by atoms with Crippen molar-refractivity contribution in [2.45, 2.75) is 12.5 Å². The second kappa shape index (κ2) is 5.31. The molecule has 6 nitrogen and oxygen atoms in total. The zero-order chi connectivity index (χ0) is 13.0. The molecule has 1 atom stereocenters. The molecule has 0 heterocycles. The van der Waals surface area contributed by atoms with Crippen molar-refractivity contribution in [3.05, 3.63) is 29.3 Å². The molecule has 1 aromatic rings. The summed E-state index contributed by atoms with van der Waals surface area (Å²) in [7, 11) is 1.44.